The van der Waals surface area contributed by atoms with Gasteiger partial charge in [0.25, 0.3) is 0 Å². The van der Waals surface area contributed by atoms with Crippen LogP contribution in [0.5, 0.6) is 0 Å². The van der Waals surface area contributed by atoms with Crippen LogP contribution in [0, 0.1) is 0 Å². The molecular formula is C7H7N5O. The zero-order chi connectivity index (χ0) is 9.26. The molecule has 6 nitrogen and oxygen atoms in total. The zero-order valence-electron chi connectivity index (χ0n) is 6.93. The third kappa shape index (κ3) is 1.33. The van der Waals surface area contributed by atoms with E-state index in [1.165, 1.54) is 10.9 Å². The lowest BCUT2D eigenvalue weighted by atomic mass is 10.3. The van der Waals surface area contributed by atoms with Crippen LogP contribution in [0.1, 0.15) is 0 Å². The van der Waals surface area contributed by atoms with Crippen LogP contribution in [-0.2, 0) is 7.05 Å². The lowest BCUT2D eigenvalue weighted by Crippen LogP contribution is -2.04. The van der Waals surface area contributed by atoms with Gasteiger partial charge >= 0.3 is 0 Å². The van der Waals surface area contributed by atoms with Crippen molar-refractivity contribution < 1.29 is 0 Å². The van der Waals surface area contributed by atoms with Crippen molar-refractivity contribution in [1.82, 2.24) is 25.2 Å². The molecule has 0 radical (unpaired) electrons. The molecule has 0 fully saturated rings. The first-order chi connectivity index (χ1) is 6.27. The van der Waals surface area contributed by atoms with Gasteiger partial charge in [-0.1, -0.05) is 0 Å². The molecule has 0 aliphatic rings. The Balaban J connectivity index is 2.59. The highest BCUT2D eigenvalue weighted by atomic mass is 16.1. The molecule has 66 valence electrons. The standard InChI is InChI=1S/C7H7N5O/c1-12-10-7(9-11-12)5-4-8-3-2-6(5)13/h2-4H,1H3,(H,8,13). The van der Waals surface area contributed by atoms with Crippen molar-refractivity contribution in [3.8, 4) is 11.4 Å². The van der Waals surface area contributed by atoms with Crippen LogP contribution in [0.3, 0.4) is 0 Å². The SMILES string of the molecule is Cn1nnc(-c2c[nH]ccc2=O)n1. The average molecular weight is 177 g/mol. The Morgan fingerprint density at radius 1 is 1.54 bits per heavy atom. The summed E-state index contributed by atoms with van der Waals surface area (Å²) in [6.07, 6.45) is 3.11. The van der Waals surface area contributed by atoms with E-state index in [0.717, 1.165) is 0 Å². The predicted molar refractivity (Wildman–Crippen MR) is 44.9 cm³/mol. The van der Waals surface area contributed by atoms with Crippen molar-refractivity contribution >= 4 is 0 Å². The molecule has 2 heterocycles. The molecule has 0 saturated carbocycles. The summed E-state index contributed by atoms with van der Waals surface area (Å²) in [7, 11) is 1.65. The van der Waals surface area contributed by atoms with E-state index in [9.17, 15) is 4.79 Å². The molecule has 0 atom stereocenters. The molecule has 6 heteroatoms. The Morgan fingerprint density at radius 3 is 3.00 bits per heavy atom. The third-order valence-corrected chi connectivity index (χ3v) is 1.57. The van der Waals surface area contributed by atoms with Gasteiger partial charge in [-0.3, -0.25) is 4.79 Å². The molecule has 0 aliphatic heterocycles. The Bertz CT molecular complexity index is 471. The minimum atomic E-state index is -0.119. The number of aryl methyl sites for hydroxylation is 1. The molecule has 1 N–H and O–H groups in total. The first kappa shape index (κ1) is 7.66. The molecule has 0 amide bonds. The largest absolute Gasteiger partial charge is 0.367 e. The zero-order valence-corrected chi connectivity index (χ0v) is 6.93. The minimum absolute atomic E-state index is 0.119. The monoisotopic (exact) mass is 177 g/mol. The summed E-state index contributed by atoms with van der Waals surface area (Å²) in [4.78, 5) is 15.4. The number of nitrogens with zero attached hydrogens (tertiary/aromatic N) is 4. The van der Waals surface area contributed by atoms with E-state index in [-0.39, 0.29) is 5.43 Å². The summed E-state index contributed by atoms with van der Waals surface area (Å²) in [5.41, 5.74) is 0.308. The number of tetrazole rings is 1. The maximum Gasteiger partial charge on any atom is 0.210 e. The molecule has 0 aliphatic carbocycles. The van der Waals surface area contributed by atoms with Gasteiger partial charge in [-0.25, -0.2) is 0 Å². The molecule has 0 unspecified atom stereocenters. The molecule has 0 saturated heterocycles. The summed E-state index contributed by atoms with van der Waals surface area (Å²) in [5, 5.41) is 11.3. The van der Waals surface area contributed by atoms with E-state index in [0.29, 0.717) is 11.4 Å². The van der Waals surface area contributed by atoms with Crippen molar-refractivity contribution in [3.05, 3.63) is 28.7 Å². The van der Waals surface area contributed by atoms with Gasteiger partial charge in [0.2, 0.25) is 5.82 Å². The summed E-state index contributed by atoms with van der Waals surface area (Å²) in [6.45, 7) is 0. The fraction of sp³-hybridized carbons (Fsp3) is 0.143. The number of aromatic nitrogens is 5. The maximum atomic E-state index is 11.3. The number of aromatic amines is 1. The second-order valence-electron chi connectivity index (χ2n) is 2.52. The van der Waals surface area contributed by atoms with Gasteiger partial charge in [-0.05, 0) is 5.21 Å². The van der Waals surface area contributed by atoms with E-state index >= 15 is 0 Å². The van der Waals surface area contributed by atoms with Crippen molar-refractivity contribution in [1.29, 1.82) is 0 Å². The smallest absolute Gasteiger partial charge is 0.210 e. The lowest BCUT2D eigenvalue weighted by Gasteiger charge is -1.89. The van der Waals surface area contributed by atoms with Gasteiger partial charge in [0.15, 0.2) is 5.43 Å². The predicted octanol–water partition coefficient (Wildman–Crippen LogP) is -0.435. The number of nitrogens with one attached hydrogen (secondary N) is 1. The fourth-order valence-electron chi connectivity index (χ4n) is 0.983. The Kier molecular flexibility index (Phi) is 1.66. The summed E-state index contributed by atoms with van der Waals surface area (Å²) in [6, 6.07) is 1.42. The molecule has 0 bridgehead atoms. The highest BCUT2D eigenvalue weighted by Crippen LogP contribution is 2.04. The van der Waals surface area contributed by atoms with Crippen molar-refractivity contribution in [2.75, 3.05) is 0 Å². The van der Waals surface area contributed by atoms with Gasteiger partial charge in [0, 0.05) is 18.5 Å². The number of hydrogen-bond donors (Lipinski definition) is 1. The van der Waals surface area contributed by atoms with Gasteiger partial charge in [-0.2, -0.15) is 4.80 Å². The van der Waals surface area contributed by atoms with E-state index in [1.54, 1.807) is 19.4 Å². The number of rotatable bonds is 1. The molecule has 0 spiro atoms. The summed E-state index contributed by atoms with van der Waals surface area (Å²) >= 11 is 0. The normalized spacial score (nSPS) is 10.2. The molecule has 2 aromatic heterocycles. The van der Waals surface area contributed by atoms with Crippen molar-refractivity contribution in [3.63, 3.8) is 0 Å². The lowest BCUT2D eigenvalue weighted by molar-refractivity contribution is 0.630. The van der Waals surface area contributed by atoms with Crippen LogP contribution in [0.2, 0.25) is 0 Å². The van der Waals surface area contributed by atoms with Crippen molar-refractivity contribution in [2.24, 2.45) is 7.05 Å². The first-order valence-electron chi connectivity index (χ1n) is 3.69. The van der Waals surface area contributed by atoms with Gasteiger partial charge in [-0.15, -0.1) is 10.2 Å². The Labute approximate surface area is 73.2 Å². The van der Waals surface area contributed by atoms with Crippen molar-refractivity contribution in [2.45, 2.75) is 0 Å². The Morgan fingerprint density at radius 2 is 2.38 bits per heavy atom. The quantitative estimate of drug-likeness (QED) is 0.641. The van der Waals surface area contributed by atoms with Crippen LogP contribution in [0.15, 0.2) is 23.3 Å². The Hall–Kier alpha value is -1.98. The summed E-state index contributed by atoms with van der Waals surface area (Å²) < 4.78 is 0. The number of hydrogen-bond acceptors (Lipinski definition) is 4. The van der Waals surface area contributed by atoms with E-state index in [1.807, 2.05) is 0 Å². The van der Waals surface area contributed by atoms with Crippen LogP contribution in [0.25, 0.3) is 11.4 Å². The molecule has 13 heavy (non-hydrogen) atoms. The van der Waals surface area contributed by atoms with Gasteiger partial charge in [0.05, 0.1) is 12.6 Å². The van der Waals surface area contributed by atoms with Crippen LogP contribution in [-0.4, -0.2) is 25.2 Å². The van der Waals surface area contributed by atoms with Gasteiger partial charge in [0.1, 0.15) is 0 Å². The second kappa shape index (κ2) is 2.81. The van der Waals surface area contributed by atoms with E-state index in [2.05, 4.69) is 20.4 Å². The average Bonchev–Trinajstić information content (AvgIpc) is 2.53. The second-order valence-corrected chi connectivity index (χ2v) is 2.52. The molecule has 2 aromatic rings. The van der Waals surface area contributed by atoms with Gasteiger partial charge < -0.3 is 4.98 Å². The first-order valence-corrected chi connectivity index (χ1v) is 3.69. The summed E-state index contributed by atoms with van der Waals surface area (Å²) in [5.74, 6) is 0.337. The molecular weight excluding hydrogens is 170 g/mol. The van der Waals surface area contributed by atoms with E-state index < -0.39 is 0 Å². The molecule has 2 rings (SSSR count). The number of pyridine rings is 1. The van der Waals surface area contributed by atoms with Crippen LogP contribution in [0.4, 0.5) is 0 Å². The highest BCUT2D eigenvalue weighted by Gasteiger charge is 2.06. The maximum absolute atomic E-state index is 11.3. The van der Waals surface area contributed by atoms with Crippen LogP contribution >= 0.6 is 0 Å². The van der Waals surface area contributed by atoms with E-state index in [4.69, 9.17) is 0 Å². The highest BCUT2D eigenvalue weighted by molar-refractivity contribution is 5.51. The molecule has 0 aromatic carbocycles. The minimum Gasteiger partial charge on any atom is -0.367 e. The number of H-pyrrole nitrogens is 1. The van der Waals surface area contributed by atoms with Crippen LogP contribution < -0.4 is 5.43 Å². The topological polar surface area (TPSA) is 76.5 Å². The fourth-order valence-corrected chi connectivity index (χ4v) is 0.983. The third-order valence-electron chi connectivity index (χ3n) is 1.57.